The number of amides is 1. The van der Waals surface area contributed by atoms with Gasteiger partial charge in [0.1, 0.15) is 11.6 Å². The van der Waals surface area contributed by atoms with Crippen LogP contribution >= 0.6 is 0 Å². The number of aromatic nitrogens is 3. The van der Waals surface area contributed by atoms with Gasteiger partial charge in [0.2, 0.25) is 0 Å². The van der Waals surface area contributed by atoms with Crippen LogP contribution in [0.4, 0.5) is 0 Å². The molecule has 1 aromatic carbocycles. The van der Waals surface area contributed by atoms with Gasteiger partial charge in [-0.3, -0.25) is 14.4 Å². The van der Waals surface area contributed by atoms with Gasteiger partial charge in [-0.05, 0) is 42.7 Å². The normalized spacial score (nSPS) is 11.2. The zero-order valence-corrected chi connectivity index (χ0v) is 17.5. The number of rotatable bonds is 7. The van der Waals surface area contributed by atoms with E-state index < -0.39 is 0 Å². The van der Waals surface area contributed by atoms with Gasteiger partial charge in [-0.15, -0.1) is 0 Å². The maximum absolute atomic E-state index is 11.8. The van der Waals surface area contributed by atoms with E-state index in [9.17, 15) is 4.79 Å². The molecule has 30 heavy (non-hydrogen) atoms. The minimum absolute atomic E-state index is 0.0786. The van der Waals surface area contributed by atoms with E-state index in [0.29, 0.717) is 24.6 Å². The summed E-state index contributed by atoms with van der Waals surface area (Å²) in [6, 6.07) is 11.6. The molecular weight excluding hydrogens is 378 g/mol. The van der Waals surface area contributed by atoms with Gasteiger partial charge in [0.25, 0.3) is 5.91 Å². The van der Waals surface area contributed by atoms with Crippen LogP contribution in [-0.2, 0) is 13.0 Å². The number of pyridine rings is 1. The lowest BCUT2D eigenvalue weighted by molar-refractivity contribution is 0.0963. The molecule has 1 amide bonds. The van der Waals surface area contributed by atoms with Crippen molar-refractivity contribution in [1.82, 2.24) is 30.5 Å². The number of aliphatic imine (C=N–C) groups is 1. The Morgan fingerprint density at radius 1 is 1.13 bits per heavy atom. The van der Waals surface area contributed by atoms with E-state index in [2.05, 4.69) is 30.9 Å². The summed E-state index contributed by atoms with van der Waals surface area (Å²) in [6.45, 7) is 3.26. The minimum Gasteiger partial charge on any atom is -0.356 e. The van der Waals surface area contributed by atoms with E-state index in [1.54, 1.807) is 20.3 Å². The van der Waals surface area contributed by atoms with Gasteiger partial charge in [-0.1, -0.05) is 18.2 Å². The van der Waals surface area contributed by atoms with E-state index in [-0.39, 0.29) is 5.91 Å². The largest absolute Gasteiger partial charge is 0.356 e. The lowest BCUT2D eigenvalue weighted by Gasteiger charge is -2.12. The molecule has 3 rings (SSSR count). The molecule has 3 aromatic rings. The number of benzene rings is 1. The Morgan fingerprint density at radius 2 is 2.00 bits per heavy atom. The monoisotopic (exact) mass is 405 g/mol. The van der Waals surface area contributed by atoms with Crippen molar-refractivity contribution in [2.75, 3.05) is 20.6 Å². The van der Waals surface area contributed by atoms with Gasteiger partial charge in [0.05, 0.1) is 0 Å². The highest BCUT2D eigenvalue weighted by molar-refractivity contribution is 5.94. The SMILES string of the molecule is CN=C(NCCc1cccc(C(=O)NC)c1)NCc1ccc(-n2ccnc2C)nc1. The first-order valence-electron chi connectivity index (χ1n) is 9.81. The van der Waals surface area contributed by atoms with Crippen LogP contribution in [0.1, 0.15) is 27.3 Å². The van der Waals surface area contributed by atoms with Crippen LogP contribution < -0.4 is 16.0 Å². The van der Waals surface area contributed by atoms with Crippen molar-refractivity contribution in [2.45, 2.75) is 19.9 Å². The Bertz CT molecular complexity index is 1010. The molecule has 156 valence electrons. The lowest BCUT2D eigenvalue weighted by atomic mass is 10.1. The van der Waals surface area contributed by atoms with Crippen LogP contribution in [0.5, 0.6) is 0 Å². The number of guanidine groups is 1. The molecule has 0 spiro atoms. The number of hydrogen-bond acceptors (Lipinski definition) is 4. The number of imidazole rings is 1. The fourth-order valence-corrected chi connectivity index (χ4v) is 3.03. The summed E-state index contributed by atoms with van der Waals surface area (Å²) in [5.41, 5.74) is 2.81. The summed E-state index contributed by atoms with van der Waals surface area (Å²) in [4.78, 5) is 24.7. The van der Waals surface area contributed by atoms with Crippen molar-refractivity contribution in [3.05, 3.63) is 77.5 Å². The van der Waals surface area contributed by atoms with Crippen LogP contribution in [0.25, 0.3) is 5.82 Å². The molecule has 0 aliphatic carbocycles. The van der Waals surface area contributed by atoms with E-state index in [1.807, 2.05) is 60.3 Å². The van der Waals surface area contributed by atoms with Crippen LogP contribution in [0.3, 0.4) is 0 Å². The summed E-state index contributed by atoms with van der Waals surface area (Å²) in [6.07, 6.45) is 6.29. The number of carbonyl (C=O) groups is 1. The number of aryl methyl sites for hydroxylation is 1. The van der Waals surface area contributed by atoms with Crippen LogP contribution in [0, 0.1) is 6.92 Å². The smallest absolute Gasteiger partial charge is 0.251 e. The highest BCUT2D eigenvalue weighted by Crippen LogP contribution is 2.08. The molecule has 8 nitrogen and oxygen atoms in total. The first-order chi connectivity index (χ1) is 14.6. The molecule has 8 heteroatoms. The Morgan fingerprint density at radius 3 is 2.67 bits per heavy atom. The quantitative estimate of drug-likeness (QED) is 0.412. The van der Waals surface area contributed by atoms with E-state index in [1.165, 1.54) is 0 Å². The fourth-order valence-electron chi connectivity index (χ4n) is 3.03. The molecule has 0 atom stereocenters. The van der Waals surface area contributed by atoms with Crippen molar-refractivity contribution in [1.29, 1.82) is 0 Å². The molecule has 0 fully saturated rings. The van der Waals surface area contributed by atoms with Gasteiger partial charge in [-0.2, -0.15) is 0 Å². The van der Waals surface area contributed by atoms with Gasteiger partial charge >= 0.3 is 0 Å². The fraction of sp³-hybridized carbons (Fsp3) is 0.273. The first-order valence-corrected chi connectivity index (χ1v) is 9.81. The summed E-state index contributed by atoms with van der Waals surface area (Å²) in [7, 11) is 3.37. The minimum atomic E-state index is -0.0786. The third kappa shape index (κ3) is 5.44. The number of nitrogens with one attached hydrogen (secondary N) is 3. The molecule has 0 aliphatic heterocycles. The van der Waals surface area contributed by atoms with E-state index in [4.69, 9.17) is 0 Å². The van der Waals surface area contributed by atoms with E-state index >= 15 is 0 Å². The average molecular weight is 406 g/mol. The predicted octanol–water partition coefficient (Wildman–Crippen LogP) is 1.84. The molecule has 0 bridgehead atoms. The number of carbonyl (C=O) groups excluding carboxylic acids is 1. The molecule has 0 saturated carbocycles. The second-order valence-electron chi connectivity index (χ2n) is 6.75. The molecule has 0 aliphatic rings. The van der Waals surface area contributed by atoms with Gasteiger partial charge in [0.15, 0.2) is 5.96 Å². The van der Waals surface area contributed by atoms with Crippen molar-refractivity contribution in [3.63, 3.8) is 0 Å². The molecule has 0 saturated heterocycles. The Hall–Kier alpha value is -3.68. The second kappa shape index (κ2) is 10.2. The summed E-state index contributed by atoms with van der Waals surface area (Å²) in [5, 5.41) is 9.23. The first kappa shape index (κ1) is 21.0. The van der Waals surface area contributed by atoms with Crippen molar-refractivity contribution in [2.24, 2.45) is 4.99 Å². The average Bonchev–Trinajstić information content (AvgIpc) is 3.22. The van der Waals surface area contributed by atoms with Crippen LogP contribution in [0.2, 0.25) is 0 Å². The number of nitrogens with zero attached hydrogens (tertiary/aromatic N) is 4. The second-order valence-corrected chi connectivity index (χ2v) is 6.75. The number of hydrogen-bond donors (Lipinski definition) is 3. The molecule has 3 N–H and O–H groups in total. The zero-order valence-electron chi connectivity index (χ0n) is 17.5. The highest BCUT2D eigenvalue weighted by atomic mass is 16.1. The third-order valence-electron chi connectivity index (χ3n) is 4.69. The molecule has 2 heterocycles. The maximum atomic E-state index is 11.8. The molecule has 0 unspecified atom stereocenters. The lowest BCUT2D eigenvalue weighted by Crippen LogP contribution is -2.37. The predicted molar refractivity (Wildman–Crippen MR) is 118 cm³/mol. The summed E-state index contributed by atoms with van der Waals surface area (Å²) in [5.74, 6) is 2.38. The standard InChI is InChI=1S/C22H27N7O/c1-16-25-11-12-29(16)20-8-7-18(14-27-20)15-28-22(24-3)26-10-9-17-5-4-6-19(13-17)21(30)23-2/h4-8,11-14H,9-10,15H2,1-3H3,(H,23,30)(H2,24,26,28). The molecule has 0 radical (unpaired) electrons. The van der Waals surface area contributed by atoms with E-state index in [0.717, 1.165) is 29.2 Å². The van der Waals surface area contributed by atoms with Crippen molar-refractivity contribution >= 4 is 11.9 Å². The highest BCUT2D eigenvalue weighted by Gasteiger charge is 2.05. The Balaban J connectivity index is 1.48. The zero-order chi connectivity index (χ0) is 21.3. The van der Waals surface area contributed by atoms with Crippen LogP contribution in [-0.4, -0.2) is 47.0 Å². The Kier molecular flexibility index (Phi) is 7.15. The summed E-state index contributed by atoms with van der Waals surface area (Å²) >= 11 is 0. The third-order valence-corrected chi connectivity index (χ3v) is 4.69. The molecule has 2 aromatic heterocycles. The Labute approximate surface area is 176 Å². The van der Waals surface area contributed by atoms with Gasteiger partial charge in [-0.25, -0.2) is 9.97 Å². The van der Waals surface area contributed by atoms with Crippen LogP contribution in [0.15, 0.2) is 60.0 Å². The topological polar surface area (TPSA) is 96.2 Å². The van der Waals surface area contributed by atoms with Crippen molar-refractivity contribution < 1.29 is 4.79 Å². The van der Waals surface area contributed by atoms with Gasteiger partial charge < -0.3 is 16.0 Å². The van der Waals surface area contributed by atoms with Crippen molar-refractivity contribution in [3.8, 4) is 5.82 Å². The molecular formula is C22H27N7O. The maximum Gasteiger partial charge on any atom is 0.251 e. The van der Waals surface area contributed by atoms with Gasteiger partial charge in [0, 0.05) is 51.3 Å². The summed E-state index contributed by atoms with van der Waals surface area (Å²) < 4.78 is 1.94.